The Morgan fingerprint density at radius 3 is 2.32 bits per heavy atom. The van der Waals surface area contributed by atoms with Gasteiger partial charge in [0.1, 0.15) is 18.1 Å². The molecular weight excluding hydrogens is 236 g/mol. The van der Waals surface area contributed by atoms with E-state index in [0.717, 1.165) is 0 Å². The highest BCUT2D eigenvalue weighted by atomic mass is 16.1. The van der Waals surface area contributed by atoms with Gasteiger partial charge in [0.25, 0.3) is 0 Å². The molecule has 0 amide bonds. The molecule has 1 aromatic heterocycles. The number of hydrogen-bond donors (Lipinski definition) is 0. The lowest BCUT2D eigenvalue weighted by molar-refractivity contribution is -0.705. The monoisotopic (exact) mass is 257 g/mol. The lowest BCUT2D eigenvalue weighted by Gasteiger charge is -2.07. The number of ketones is 1. The first kappa shape index (κ1) is 13.5. The molecule has 0 N–H and O–H groups in total. The number of nitrogens with zero attached hydrogens (tertiary/aromatic N) is 2. The third kappa shape index (κ3) is 2.60. The molecule has 0 saturated heterocycles. The summed E-state index contributed by atoms with van der Waals surface area (Å²) in [5.74, 6) is 0.167. The van der Waals surface area contributed by atoms with E-state index in [4.69, 9.17) is 0 Å². The fourth-order valence-corrected chi connectivity index (χ4v) is 2.52. The minimum absolute atomic E-state index is 0.118. The van der Waals surface area contributed by atoms with Crippen molar-refractivity contribution in [2.24, 2.45) is 0 Å². The van der Waals surface area contributed by atoms with Crippen LogP contribution < -0.4 is 4.57 Å². The fourth-order valence-electron chi connectivity index (χ4n) is 2.52. The number of aryl methyl sites for hydroxylation is 3. The molecule has 0 aliphatic rings. The molecule has 2 aromatic rings. The van der Waals surface area contributed by atoms with Crippen molar-refractivity contribution < 1.29 is 9.36 Å². The number of imidazole rings is 1. The van der Waals surface area contributed by atoms with E-state index in [1.165, 1.54) is 22.4 Å². The van der Waals surface area contributed by atoms with Gasteiger partial charge in [-0.2, -0.15) is 0 Å². The van der Waals surface area contributed by atoms with E-state index in [1.807, 2.05) is 30.2 Å². The van der Waals surface area contributed by atoms with E-state index in [1.54, 1.807) is 6.92 Å². The molecule has 0 saturated carbocycles. The molecule has 0 unspecified atom stereocenters. The van der Waals surface area contributed by atoms with Gasteiger partial charge in [-0.3, -0.25) is 4.79 Å². The summed E-state index contributed by atoms with van der Waals surface area (Å²) in [6.45, 7) is 9.89. The third-order valence-electron chi connectivity index (χ3n) is 3.59. The van der Waals surface area contributed by atoms with Crippen molar-refractivity contribution in [3.05, 3.63) is 47.5 Å². The number of benzene rings is 1. The standard InChI is InChI=1S/C16H21N2O/c1-11-8-12(2)16(13(3)9-11)18-7-6-17(10-18)14(4)15(5)19/h6-10,14H,1-5H3/q+1/t14-/m1/s1. The molecule has 1 heterocycles. The highest BCUT2D eigenvalue weighted by molar-refractivity contribution is 5.77. The highest BCUT2D eigenvalue weighted by Gasteiger charge is 2.18. The van der Waals surface area contributed by atoms with Crippen molar-refractivity contribution in [1.29, 1.82) is 0 Å². The minimum atomic E-state index is -0.118. The first-order valence-electron chi connectivity index (χ1n) is 6.57. The molecule has 0 fully saturated rings. The zero-order valence-corrected chi connectivity index (χ0v) is 12.3. The summed E-state index contributed by atoms with van der Waals surface area (Å²) in [5, 5.41) is 0. The summed E-state index contributed by atoms with van der Waals surface area (Å²) in [4.78, 5) is 11.4. The van der Waals surface area contributed by atoms with Crippen LogP contribution in [0.2, 0.25) is 0 Å². The summed E-state index contributed by atoms with van der Waals surface area (Å²) in [7, 11) is 0. The van der Waals surface area contributed by atoms with Crippen molar-refractivity contribution in [2.45, 2.75) is 40.7 Å². The molecule has 1 atom stereocenters. The van der Waals surface area contributed by atoms with Gasteiger partial charge in [0.05, 0.1) is 0 Å². The van der Waals surface area contributed by atoms with Crippen LogP contribution in [0.5, 0.6) is 0 Å². The second-order valence-corrected chi connectivity index (χ2v) is 5.30. The smallest absolute Gasteiger partial charge is 0.249 e. The summed E-state index contributed by atoms with van der Waals surface area (Å²) in [6, 6.07) is 4.25. The molecule has 100 valence electrons. The Morgan fingerprint density at radius 1 is 1.21 bits per heavy atom. The number of Topliss-reactive ketones (excluding diaryl/α,β-unsaturated/α-hetero) is 1. The second kappa shape index (κ2) is 5.00. The Hall–Kier alpha value is -1.90. The molecular formula is C16H21N2O+. The number of carbonyl (C=O) groups excluding carboxylic acids is 1. The van der Waals surface area contributed by atoms with E-state index in [2.05, 4.69) is 37.5 Å². The Morgan fingerprint density at radius 2 is 1.79 bits per heavy atom. The van der Waals surface area contributed by atoms with Crippen molar-refractivity contribution >= 4 is 5.78 Å². The highest BCUT2D eigenvalue weighted by Crippen LogP contribution is 2.20. The first-order valence-corrected chi connectivity index (χ1v) is 6.57. The third-order valence-corrected chi connectivity index (χ3v) is 3.59. The van der Waals surface area contributed by atoms with Crippen LogP contribution in [0.25, 0.3) is 5.69 Å². The normalized spacial score (nSPS) is 12.5. The molecule has 3 nitrogen and oxygen atoms in total. The summed E-state index contributed by atoms with van der Waals surface area (Å²) < 4.78 is 4.03. The molecule has 0 aliphatic heterocycles. The number of rotatable bonds is 3. The van der Waals surface area contributed by atoms with Gasteiger partial charge >= 0.3 is 0 Å². The predicted octanol–water partition coefficient (Wildman–Crippen LogP) is 2.84. The topological polar surface area (TPSA) is 25.9 Å². The van der Waals surface area contributed by atoms with Crippen LogP contribution >= 0.6 is 0 Å². The maximum Gasteiger partial charge on any atom is 0.249 e. The summed E-state index contributed by atoms with van der Waals surface area (Å²) in [5.41, 5.74) is 4.96. The zero-order chi connectivity index (χ0) is 14.2. The molecule has 0 spiro atoms. The van der Waals surface area contributed by atoms with Gasteiger partial charge in [-0.25, -0.2) is 9.13 Å². The SMILES string of the molecule is CC(=O)[C@@H](C)[n+]1ccn(-c2c(C)cc(C)cc2C)c1. The van der Waals surface area contributed by atoms with Crippen LogP contribution in [0.4, 0.5) is 0 Å². The Kier molecular flexibility index (Phi) is 3.56. The average Bonchev–Trinajstić information content (AvgIpc) is 2.75. The Balaban J connectivity index is 2.47. The quantitative estimate of drug-likeness (QED) is 0.776. The van der Waals surface area contributed by atoms with Crippen LogP contribution in [0.3, 0.4) is 0 Å². The van der Waals surface area contributed by atoms with Crippen molar-refractivity contribution in [1.82, 2.24) is 4.57 Å². The largest absolute Gasteiger partial charge is 0.295 e. The van der Waals surface area contributed by atoms with Crippen LogP contribution in [0, 0.1) is 20.8 Å². The zero-order valence-electron chi connectivity index (χ0n) is 12.3. The minimum Gasteiger partial charge on any atom is -0.295 e. The van der Waals surface area contributed by atoms with E-state index in [9.17, 15) is 4.79 Å². The lowest BCUT2D eigenvalue weighted by Crippen LogP contribution is -2.39. The lowest BCUT2D eigenvalue weighted by atomic mass is 10.1. The predicted molar refractivity (Wildman–Crippen MR) is 75.6 cm³/mol. The van der Waals surface area contributed by atoms with E-state index in [0.29, 0.717) is 0 Å². The summed E-state index contributed by atoms with van der Waals surface area (Å²) >= 11 is 0. The molecule has 1 aromatic carbocycles. The molecule has 19 heavy (non-hydrogen) atoms. The van der Waals surface area contributed by atoms with Crippen molar-refractivity contribution in [2.75, 3.05) is 0 Å². The molecule has 2 rings (SSSR count). The molecule has 0 bridgehead atoms. The van der Waals surface area contributed by atoms with Gasteiger partial charge in [-0.15, -0.1) is 0 Å². The maximum atomic E-state index is 11.4. The van der Waals surface area contributed by atoms with Crippen LogP contribution in [0.15, 0.2) is 30.9 Å². The van der Waals surface area contributed by atoms with E-state index < -0.39 is 0 Å². The Labute approximate surface area is 114 Å². The van der Waals surface area contributed by atoms with Gasteiger partial charge < -0.3 is 0 Å². The van der Waals surface area contributed by atoms with E-state index >= 15 is 0 Å². The number of carbonyl (C=O) groups is 1. The van der Waals surface area contributed by atoms with Crippen LogP contribution in [-0.2, 0) is 4.79 Å². The Bertz CT molecular complexity index is 602. The maximum absolute atomic E-state index is 11.4. The number of aromatic nitrogens is 2. The van der Waals surface area contributed by atoms with Crippen LogP contribution in [-0.4, -0.2) is 10.4 Å². The second-order valence-electron chi connectivity index (χ2n) is 5.30. The molecule has 0 aliphatic carbocycles. The van der Waals surface area contributed by atoms with Gasteiger partial charge in [-0.1, -0.05) is 17.7 Å². The van der Waals surface area contributed by atoms with Gasteiger partial charge in [0.15, 0.2) is 11.8 Å². The molecule has 3 heteroatoms. The van der Waals surface area contributed by atoms with Crippen LogP contribution in [0.1, 0.15) is 36.6 Å². The van der Waals surface area contributed by atoms with Crippen molar-refractivity contribution in [3.8, 4) is 5.69 Å². The number of hydrogen-bond acceptors (Lipinski definition) is 1. The summed E-state index contributed by atoms with van der Waals surface area (Å²) in [6.07, 6.45) is 5.94. The van der Waals surface area contributed by atoms with Gasteiger partial charge in [0.2, 0.25) is 6.33 Å². The first-order chi connectivity index (χ1) is 8.90. The van der Waals surface area contributed by atoms with Gasteiger partial charge in [-0.05, 0) is 45.7 Å². The van der Waals surface area contributed by atoms with E-state index in [-0.39, 0.29) is 11.8 Å². The van der Waals surface area contributed by atoms with Gasteiger partial charge in [0, 0.05) is 0 Å². The van der Waals surface area contributed by atoms with Crippen molar-refractivity contribution in [3.63, 3.8) is 0 Å². The fraction of sp³-hybridized carbons (Fsp3) is 0.375. The average molecular weight is 257 g/mol. The molecule has 0 radical (unpaired) electrons.